The van der Waals surface area contributed by atoms with Crippen LogP contribution in [0, 0.1) is 12.8 Å². The molecule has 6 nitrogen and oxygen atoms in total. The van der Waals surface area contributed by atoms with Gasteiger partial charge in [0.05, 0.1) is 6.04 Å². The van der Waals surface area contributed by atoms with Crippen LogP contribution in [0.1, 0.15) is 69.7 Å². The maximum absolute atomic E-state index is 12.7. The zero-order chi connectivity index (χ0) is 22.1. The monoisotopic (exact) mass is 434 g/mol. The number of carbonyl (C=O) groups excluding carboxylic acids is 1. The highest BCUT2D eigenvalue weighted by atomic mass is 16.5. The van der Waals surface area contributed by atoms with Gasteiger partial charge < -0.3 is 15.0 Å². The van der Waals surface area contributed by atoms with Crippen molar-refractivity contribution in [2.24, 2.45) is 5.92 Å². The fourth-order valence-electron chi connectivity index (χ4n) is 6.20. The Morgan fingerprint density at radius 3 is 2.62 bits per heavy atom. The molecule has 32 heavy (non-hydrogen) atoms. The molecule has 3 aliphatic heterocycles. The van der Waals surface area contributed by atoms with Gasteiger partial charge in [-0.25, -0.2) is 0 Å². The van der Waals surface area contributed by atoms with E-state index in [-0.39, 0.29) is 11.5 Å². The van der Waals surface area contributed by atoms with Crippen molar-refractivity contribution < 1.29 is 9.53 Å². The maximum Gasteiger partial charge on any atom is 0.225 e. The molecule has 0 bridgehead atoms. The van der Waals surface area contributed by atoms with Crippen LogP contribution < -0.4 is 10.1 Å². The first-order chi connectivity index (χ1) is 15.4. The molecule has 1 aliphatic carbocycles. The molecule has 1 spiro atoms. The lowest BCUT2D eigenvalue weighted by Gasteiger charge is -2.44. The van der Waals surface area contributed by atoms with E-state index in [0.717, 1.165) is 75.2 Å². The Bertz CT molecular complexity index is 1060. The van der Waals surface area contributed by atoms with E-state index >= 15 is 0 Å². The molecule has 6 rings (SSSR count). The third kappa shape index (κ3) is 3.18. The van der Waals surface area contributed by atoms with Crippen molar-refractivity contribution in [3.63, 3.8) is 0 Å². The van der Waals surface area contributed by atoms with Gasteiger partial charge in [0.1, 0.15) is 17.0 Å². The molecule has 3 fully saturated rings. The fraction of sp³-hybridized carbons (Fsp3) is 0.615. The maximum atomic E-state index is 12.7. The zero-order valence-corrected chi connectivity index (χ0v) is 19.5. The highest BCUT2D eigenvalue weighted by Crippen LogP contribution is 2.51. The van der Waals surface area contributed by atoms with Gasteiger partial charge in [0.15, 0.2) is 0 Å². The summed E-state index contributed by atoms with van der Waals surface area (Å²) in [5.41, 5.74) is 4.39. The lowest BCUT2D eigenvalue weighted by atomic mass is 9.79. The molecule has 2 aromatic rings. The summed E-state index contributed by atoms with van der Waals surface area (Å²) in [6, 6.07) is 8.71. The normalized spacial score (nSPS) is 25.7. The molecule has 1 aromatic heterocycles. The number of fused-ring (bicyclic) bond motifs is 4. The van der Waals surface area contributed by atoms with Crippen LogP contribution in [0.5, 0.6) is 5.75 Å². The third-order valence-electron chi connectivity index (χ3n) is 8.04. The number of benzene rings is 1. The zero-order valence-electron chi connectivity index (χ0n) is 19.5. The van der Waals surface area contributed by atoms with Gasteiger partial charge in [-0.15, -0.1) is 0 Å². The first-order valence-corrected chi connectivity index (χ1v) is 12.3. The van der Waals surface area contributed by atoms with E-state index in [4.69, 9.17) is 9.84 Å². The summed E-state index contributed by atoms with van der Waals surface area (Å²) in [4.78, 5) is 14.7. The summed E-state index contributed by atoms with van der Waals surface area (Å²) in [6.07, 6.45) is 5.94. The Morgan fingerprint density at radius 1 is 1.16 bits per heavy atom. The van der Waals surface area contributed by atoms with E-state index in [2.05, 4.69) is 53.9 Å². The van der Waals surface area contributed by atoms with Crippen LogP contribution in [0.25, 0.3) is 11.3 Å². The molecule has 170 valence electrons. The predicted octanol–water partition coefficient (Wildman–Crippen LogP) is 4.18. The van der Waals surface area contributed by atoms with E-state index in [1.54, 1.807) is 0 Å². The van der Waals surface area contributed by atoms with Crippen molar-refractivity contribution in [3.8, 4) is 17.0 Å². The summed E-state index contributed by atoms with van der Waals surface area (Å²) in [6.45, 7) is 9.33. The average molecular weight is 435 g/mol. The molecule has 1 saturated carbocycles. The lowest BCUT2D eigenvalue weighted by Crippen LogP contribution is -2.49. The van der Waals surface area contributed by atoms with Gasteiger partial charge in [0.25, 0.3) is 0 Å². The second kappa shape index (κ2) is 7.08. The quantitative estimate of drug-likeness (QED) is 0.770. The van der Waals surface area contributed by atoms with Gasteiger partial charge in [0, 0.05) is 54.2 Å². The highest BCUT2D eigenvalue weighted by molar-refractivity contribution is 5.81. The molecule has 1 N–H and O–H groups in total. The lowest BCUT2D eigenvalue weighted by molar-refractivity contribution is -0.136. The molecular weight excluding hydrogens is 400 g/mol. The van der Waals surface area contributed by atoms with Crippen LogP contribution in [0.4, 0.5) is 0 Å². The van der Waals surface area contributed by atoms with E-state index < -0.39 is 5.60 Å². The minimum absolute atomic E-state index is 0.114. The number of amides is 1. The van der Waals surface area contributed by atoms with E-state index in [1.165, 1.54) is 11.3 Å². The van der Waals surface area contributed by atoms with Crippen molar-refractivity contribution in [2.75, 3.05) is 19.6 Å². The van der Waals surface area contributed by atoms with Gasteiger partial charge in [-0.1, -0.05) is 12.1 Å². The van der Waals surface area contributed by atoms with Crippen LogP contribution >= 0.6 is 0 Å². The number of nitrogens with one attached hydrogen (secondary N) is 1. The summed E-state index contributed by atoms with van der Waals surface area (Å²) >= 11 is 0. The Kier molecular flexibility index (Phi) is 4.49. The smallest absolute Gasteiger partial charge is 0.225 e. The summed E-state index contributed by atoms with van der Waals surface area (Å²) in [7, 11) is 0. The molecule has 1 aromatic carbocycles. The van der Waals surface area contributed by atoms with Crippen LogP contribution in [-0.2, 0) is 10.4 Å². The fourth-order valence-corrected chi connectivity index (χ4v) is 6.20. The first kappa shape index (κ1) is 20.3. The number of hydrogen-bond acceptors (Lipinski definition) is 4. The molecule has 1 amide bonds. The van der Waals surface area contributed by atoms with E-state index in [0.29, 0.717) is 11.9 Å². The Hall–Kier alpha value is -2.34. The molecule has 4 heterocycles. The number of piperidine rings is 2. The van der Waals surface area contributed by atoms with Gasteiger partial charge >= 0.3 is 0 Å². The van der Waals surface area contributed by atoms with Crippen molar-refractivity contribution in [2.45, 2.75) is 76.5 Å². The highest BCUT2D eigenvalue weighted by Gasteiger charge is 2.48. The largest absolute Gasteiger partial charge is 0.482 e. The third-order valence-corrected chi connectivity index (χ3v) is 8.04. The van der Waals surface area contributed by atoms with Gasteiger partial charge in [-0.05, 0) is 65.1 Å². The summed E-state index contributed by atoms with van der Waals surface area (Å²) in [5.74, 6) is 1.55. The first-order valence-electron chi connectivity index (χ1n) is 12.3. The van der Waals surface area contributed by atoms with Crippen LogP contribution in [0.3, 0.4) is 0 Å². The predicted molar refractivity (Wildman–Crippen MR) is 124 cm³/mol. The minimum Gasteiger partial charge on any atom is -0.482 e. The number of rotatable bonds is 2. The number of likely N-dealkylation sites (tertiary alicyclic amines) is 1. The molecule has 1 atom stereocenters. The average Bonchev–Trinajstić information content (AvgIpc) is 3.56. The van der Waals surface area contributed by atoms with Gasteiger partial charge in [-0.2, -0.15) is 5.10 Å². The molecule has 2 saturated heterocycles. The number of nitrogens with zero attached hydrogens (tertiary/aromatic N) is 3. The Morgan fingerprint density at radius 2 is 1.91 bits per heavy atom. The minimum atomic E-state index is -0.394. The Labute approximate surface area is 190 Å². The molecule has 0 unspecified atom stereocenters. The number of para-hydroxylation sites is 1. The number of hydrogen-bond donors (Lipinski definition) is 1. The molecule has 0 radical (unpaired) electrons. The second-order valence-electron chi connectivity index (χ2n) is 10.9. The van der Waals surface area contributed by atoms with Crippen LogP contribution in [-0.4, -0.2) is 45.8 Å². The topological polar surface area (TPSA) is 59.4 Å². The standard InChI is InChI=1S/C26H34N4O2/c1-17-22-23(28-30(17)19-10-13-27-25(2,3)16-19)20-6-4-5-7-21(20)32-26(22)11-14-29(15-12-26)24(31)18-8-9-18/h4-7,18-19,27H,8-16H2,1-3H3/t19-/m1/s1. The number of aromatic nitrogens is 2. The van der Waals surface area contributed by atoms with Gasteiger partial charge in [0.2, 0.25) is 5.91 Å². The summed E-state index contributed by atoms with van der Waals surface area (Å²) in [5, 5.41) is 8.89. The van der Waals surface area contributed by atoms with Crippen LogP contribution in [0.15, 0.2) is 24.3 Å². The van der Waals surface area contributed by atoms with E-state index in [9.17, 15) is 4.79 Å². The molecule has 4 aliphatic rings. The molecular formula is C26H34N4O2. The number of ether oxygens (including phenoxy) is 1. The molecule has 6 heteroatoms. The SMILES string of the molecule is Cc1c2c(nn1[C@@H]1CCNC(C)(C)C1)-c1ccccc1OC21CCN(C(=O)C2CC2)CC1. The van der Waals surface area contributed by atoms with Crippen molar-refractivity contribution >= 4 is 5.91 Å². The second-order valence-corrected chi connectivity index (χ2v) is 10.9. The van der Waals surface area contributed by atoms with Crippen molar-refractivity contribution in [1.82, 2.24) is 20.0 Å². The van der Waals surface area contributed by atoms with Gasteiger partial charge in [-0.3, -0.25) is 9.48 Å². The van der Waals surface area contributed by atoms with Crippen molar-refractivity contribution in [1.29, 1.82) is 0 Å². The number of carbonyl (C=O) groups is 1. The summed E-state index contributed by atoms with van der Waals surface area (Å²) < 4.78 is 9.10. The van der Waals surface area contributed by atoms with Crippen molar-refractivity contribution in [3.05, 3.63) is 35.5 Å². The Balaban J connectivity index is 1.40. The van der Waals surface area contributed by atoms with E-state index in [1.807, 2.05) is 6.07 Å². The van der Waals surface area contributed by atoms with Crippen LogP contribution in [0.2, 0.25) is 0 Å².